The number of ether oxygens (including phenoxy) is 1. The first kappa shape index (κ1) is 18.4. The molecule has 0 saturated heterocycles. The third-order valence-electron chi connectivity index (χ3n) is 3.37. The summed E-state index contributed by atoms with van der Waals surface area (Å²) in [4.78, 5) is 32.7. The predicted octanol–water partition coefficient (Wildman–Crippen LogP) is 3.12. The van der Waals surface area contributed by atoms with E-state index in [1.807, 2.05) is 0 Å². The minimum absolute atomic E-state index is 0.215. The Balaban J connectivity index is 2.12. The molecule has 0 bridgehead atoms. The number of nitrogens with zero attached hydrogens (tertiary/aromatic N) is 2. The molecule has 1 aromatic heterocycles. The summed E-state index contributed by atoms with van der Waals surface area (Å²) < 4.78 is 5.00. The van der Waals surface area contributed by atoms with E-state index in [1.165, 1.54) is 12.3 Å². The lowest BCUT2D eigenvalue weighted by atomic mass is 10.1. The van der Waals surface area contributed by atoms with Crippen LogP contribution in [0.1, 0.15) is 47.5 Å². The molecule has 0 aliphatic heterocycles. The maximum absolute atomic E-state index is 12.4. The van der Waals surface area contributed by atoms with Crippen LogP contribution in [0.4, 0.5) is 11.6 Å². The highest BCUT2D eigenvalue weighted by molar-refractivity contribution is 6.07. The quantitative estimate of drug-likeness (QED) is 0.565. The molecule has 0 unspecified atom stereocenters. The number of aromatic nitrogens is 2. The zero-order chi connectivity index (χ0) is 18.1. The van der Waals surface area contributed by atoms with Crippen LogP contribution in [0.5, 0.6) is 0 Å². The molecule has 0 saturated carbocycles. The number of unbranched alkanes of at least 4 members (excludes halogenated alkanes) is 1. The molecule has 0 spiro atoms. The standard InChI is InChI=1S/C18H22N4O3/c1-3-5-11-19-18-20-12-10-15(22-18)16(23)21-14-9-7-6-8-13(14)17(24)25-4-2/h6-10,12H,3-5,11H2,1-2H3,(H,21,23)(H,19,20,22). The number of para-hydroxylation sites is 1. The molecule has 0 aliphatic rings. The Morgan fingerprint density at radius 3 is 2.72 bits per heavy atom. The number of benzene rings is 1. The molecule has 1 aromatic carbocycles. The van der Waals surface area contributed by atoms with E-state index in [0.717, 1.165) is 19.4 Å². The molecule has 0 aliphatic carbocycles. The van der Waals surface area contributed by atoms with Gasteiger partial charge in [0.1, 0.15) is 5.69 Å². The molecule has 7 nitrogen and oxygen atoms in total. The fraction of sp³-hybridized carbons (Fsp3) is 0.333. The molecule has 25 heavy (non-hydrogen) atoms. The summed E-state index contributed by atoms with van der Waals surface area (Å²) in [5.41, 5.74) is 0.894. The largest absolute Gasteiger partial charge is 0.462 e. The van der Waals surface area contributed by atoms with E-state index in [-0.39, 0.29) is 12.3 Å². The fourth-order valence-corrected chi connectivity index (χ4v) is 2.11. The van der Waals surface area contributed by atoms with Gasteiger partial charge in [0.05, 0.1) is 17.9 Å². The maximum atomic E-state index is 12.4. The Labute approximate surface area is 146 Å². The smallest absolute Gasteiger partial charge is 0.340 e. The zero-order valence-corrected chi connectivity index (χ0v) is 14.4. The lowest BCUT2D eigenvalue weighted by molar-refractivity contribution is 0.0527. The number of hydrogen-bond donors (Lipinski definition) is 2. The van der Waals surface area contributed by atoms with Crippen molar-refractivity contribution in [2.24, 2.45) is 0 Å². The maximum Gasteiger partial charge on any atom is 0.340 e. The zero-order valence-electron chi connectivity index (χ0n) is 14.4. The van der Waals surface area contributed by atoms with Gasteiger partial charge in [-0.15, -0.1) is 0 Å². The van der Waals surface area contributed by atoms with E-state index in [0.29, 0.717) is 17.2 Å². The summed E-state index contributed by atoms with van der Waals surface area (Å²) in [6.07, 6.45) is 3.57. The van der Waals surface area contributed by atoms with Gasteiger partial charge in [0.15, 0.2) is 0 Å². The van der Waals surface area contributed by atoms with E-state index < -0.39 is 11.9 Å². The summed E-state index contributed by atoms with van der Waals surface area (Å²) in [6, 6.07) is 8.21. The Bertz CT molecular complexity index is 734. The topological polar surface area (TPSA) is 93.2 Å². The van der Waals surface area contributed by atoms with Gasteiger partial charge in [-0.1, -0.05) is 25.5 Å². The van der Waals surface area contributed by atoms with E-state index in [4.69, 9.17) is 4.74 Å². The highest BCUT2D eigenvalue weighted by Crippen LogP contribution is 2.17. The van der Waals surface area contributed by atoms with E-state index in [1.54, 1.807) is 31.2 Å². The van der Waals surface area contributed by atoms with E-state index >= 15 is 0 Å². The van der Waals surface area contributed by atoms with Crippen molar-refractivity contribution in [2.45, 2.75) is 26.7 Å². The van der Waals surface area contributed by atoms with Crippen molar-refractivity contribution in [3.63, 3.8) is 0 Å². The molecule has 2 aromatic rings. The van der Waals surface area contributed by atoms with Crippen LogP contribution in [0.2, 0.25) is 0 Å². The number of anilines is 2. The lowest BCUT2D eigenvalue weighted by Crippen LogP contribution is -2.18. The monoisotopic (exact) mass is 342 g/mol. The van der Waals surface area contributed by atoms with Gasteiger partial charge in [-0.2, -0.15) is 0 Å². The molecule has 0 radical (unpaired) electrons. The van der Waals surface area contributed by atoms with Crippen LogP contribution in [-0.4, -0.2) is 35.0 Å². The van der Waals surface area contributed by atoms with Crippen LogP contribution < -0.4 is 10.6 Å². The summed E-state index contributed by atoms with van der Waals surface area (Å²) in [5, 5.41) is 5.78. The van der Waals surface area contributed by atoms with Crippen molar-refractivity contribution in [1.29, 1.82) is 0 Å². The Morgan fingerprint density at radius 2 is 1.96 bits per heavy atom. The van der Waals surface area contributed by atoms with E-state index in [2.05, 4.69) is 27.5 Å². The van der Waals surface area contributed by atoms with Crippen molar-refractivity contribution in [3.05, 3.63) is 47.8 Å². The van der Waals surface area contributed by atoms with Gasteiger partial charge in [-0.3, -0.25) is 4.79 Å². The van der Waals surface area contributed by atoms with Gasteiger partial charge in [0.2, 0.25) is 5.95 Å². The van der Waals surface area contributed by atoms with Crippen molar-refractivity contribution >= 4 is 23.5 Å². The molecule has 7 heteroatoms. The van der Waals surface area contributed by atoms with Crippen LogP contribution >= 0.6 is 0 Å². The number of carbonyl (C=O) groups excluding carboxylic acids is 2. The Hall–Kier alpha value is -2.96. The fourth-order valence-electron chi connectivity index (χ4n) is 2.11. The summed E-state index contributed by atoms with van der Waals surface area (Å²) in [5.74, 6) is -0.500. The molecule has 0 atom stereocenters. The van der Waals surface area contributed by atoms with Crippen LogP contribution in [0.15, 0.2) is 36.5 Å². The molecule has 132 valence electrons. The summed E-state index contributed by atoms with van der Waals surface area (Å²) in [6.45, 7) is 4.83. The first-order valence-corrected chi connectivity index (χ1v) is 8.30. The Kier molecular flexibility index (Phi) is 6.88. The van der Waals surface area contributed by atoms with Crippen LogP contribution in [0, 0.1) is 0 Å². The van der Waals surface area contributed by atoms with Gasteiger partial charge in [-0.25, -0.2) is 14.8 Å². The molecule has 2 rings (SSSR count). The van der Waals surface area contributed by atoms with Crippen molar-refractivity contribution < 1.29 is 14.3 Å². The summed E-state index contributed by atoms with van der Waals surface area (Å²) in [7, 11) is 0. The van der Waals surface area contributed by atoms with Crippen LogP contribution in [0.25, 0.3) is 0 Å². The number of hydrogen-bond acceptors (Lipinski definition) is 6. The third kappa shape index (κ3) is 5.27. The number of esters is 1. The molecule has 1 amide bonds. The minimum Gasteiger partial charge on any atom is -0.462 e. The second-order valence-electron chi connectivity index (χ2n) is 5.27. The van der Waals surface area contributed by atoms with Crippen molar-refractivity contribution in [1.82, 2.24) is 9.97 Å². The Morgan fingerprint density at radius 1 is 1.16 bits per heavy atom. The van der Waals surface area contributed by atoms with Gasteiger partial charge >= 0.3 is 5.97 Å². The van der Waals surface area contributed by atoms with Gasteiger partial charge < -0.3 is 15.4 Å². The number of rotatable bonds is 8. The molecular formula is C18H22N4O3. The van der Waals surface area contributed by atoms with Gasteiger partial charge in [0, 0.05) is 12.7 Å². The average molecular weight is 342 g/mol. The average Bonchev–Trinajstić information content (AvgIpc) is 2.63. The molecule has 0 fully saturated rings. The number of carbonyl (C=O) groups is 2. The second kappa shape index (κ2) is 9.36. The molecule has 1 heterocycles. The molecule has 2 N–H and O–H groups in total. The minimum atomic E-state index is -0.483. The highest BCUT2D eigenvalue weighted by Gasteiger charge is 2.15. The van der Waals surface area contributed by atoms with Crippen LogP contribution in [-0.2, 0) is 4.74 Å². The lowest BCUT2D eigenvalue weighted by Gasteiger charge is -2.10. The van der Waals surface area contributed by atoms with Crippen LogP contribution in [0.3, 0.4) is 0 Å². The first-order valence-electron chi connectivity index (χ1n) is 8.30. The van der Waals surface area contributed by atoms with Gasteiger partial charge in [0.25, 0.3) is 5.91 Å². The summed E-state index contributed by atoms with van der Waals surface area (Å²) >= 11 is 0. The normalized spacial score (nSPS) is 10.2. The number of amides is 1. The van der Waals surface area contributed by atoms with Crippen molar-refractivity contribution in [3.8, 4) is 0 Å². The van der Waals surface area contributed by atoms with Gasteiger partial charge in [-0.05, 0) is 31.5 Å². The van der Waals surface area contributed by atoms with E-state index in [9.17, 15) is 9.59 Å². The van der Waals surface area contributed by atoms with Crippen molar-refractivity contribution in [2.75, 3.05) is 23.8 Å². The molecular weight excluding hydrogens is 320 g/mol. The predicted molar refractivity (Wildman–Crippen MR) is 95.8 cm³/mol. The number of nitrogens with one attached hydrogen (secondary N) is 2. The third-order valence-corrected chi connectivity index (χ3v) is 3.37. The first-order chi connectivity index (χ1) is 12.2. The SMILES string of the molecule is CCCCNc1nccc(C(=O)Nc2ccccc2C(=O)OCC)n1. The second-order valence-corrected chi connectivity index (χ2v) is 5.27. The highest BCUT2D eigenvalue weighted by atomic mass is 16.5.